The fraction of sp³-hybridized carbons (Fsp3) is 0.958. The van der Waals surface area contributed by atoms with Crippen molar-refractivity contribution in [3.8, 4) is 0 Å². The van der Waals surface area contributed by atoms with Crippen LogP contribution < -0.4 is 5.11 Å². The Morgan fingerprint density at radius 2 is 1.75 bits per heavy atom. The van der Waals surface area contributed by atoms with E-state index >= 15 is 0 Å². The third-order valence-electron chi connectivity index (χ3n) is 10.5. The molecule has 184 valence electrons. The van der Waals surface area contributed by atoms with Crippen LogP contribution in [0, 0.1) is 46.3 Å². The highest BCUT2D eigenvalue weighted by Gasteiger charge is 2.63. The maximum Gasteiger partial charge on any atom is 0.397 e. The van der Waals surface area contributed by atoms with E-state index in [1.165, 1.54) is 0 Å². The van der Waals surface area contributed by atoms with Gasteiger partial charge in [0.2, 0.25) is 0 Å². The number of aliphatic carboxylic acids is 1. The Bertz CT molecular complexity index is 828. The SMILES string of the molecule is C[C@H](CCC(=O)[O-])[C@H]1CC[C@H]2[C@@H]3[C@@H](O)C[C@@H]4C[C@H](OS(=O)(=O)O)CC[C@]4(C)[C@H]3CC[C@]12C. The molecule has 0 aromatic rings. The minimum absolute atomic E-state index is 0.0446. The molecule has 2 N–H and O–H groups in total. The molecule has 4 aliphatic carbocycles. The Kier molecular flexibility index (Phi) is 6.49. The van der Waals surface area contributed by atoms with Crippen molar-refractivity contribution in [2.75, 3.05) is 0 Å². The molecule has 0 unspecified atom stereocenters. The summed E-state index contributed by atoms with van der Waals surface area (Å²) >= 11 is 0. The maximum atomic E-state index is 11.3. The molecule has 0 radical (unpaired) electrons. The molecule has 0 bridgehead atoms. The van der Waals surface area contributed by atoms with Crippen LogP contribution in [0.1, 0.15) is 85.0 Å². The second-order valence-electron chi connectivity index (χ2n) is 11.8. The quantitative estimate of drug-likeness (QED) is 0.571. The van der Waals surface area contributed by atoms with Crippen molar-refractivity contribution in [2.24, 2.45) is 46.3 Å². The zero-order valence-corrected chi connectivity index (χ0v) is 20.4. The minimum atomic E-state index is -4.47. The van der Waals surface area contributed by atoms with Gasteiger partial charge in [-0.2, -0.15) is 8.42 Å². The molecule has 10 atom stereocenters. The Balaban J connectivity index is 1.52. The van der Waals surface area contributed by atoms with Crippen molar-refractivity contribution < 1.29 is 32.2 Å². The summed E-state index contributed by atoms with van der Waals surface area (Å²) in [6.07, 6.45) is 6.83. The van der Waals surface area contributed by atoms with Gasteiger partial charge in [-0.1, -0.05) is 20.8 Å². The number of hydrogen-bond donors (Lipinski definition) is 2. The highest BCUT2D eigenvalue weighted by Crippen LogP contribution is 2.68. The number of hydrogen-bond acceptors (Lipinski definition) is 6. The first-order valence-corrected chi connectivity index (χ1v) is 13.8. The summed E-state index contributed by atoms with van der Waals surface area (Å²) in [5, 5.41) is 22.3. The van der Waals surface area contributed by atoms with E-state index in [0.29, 0.717) is 49.4 Å². The lowest BCUT2D eigenvalue weighted by Crippen LogP contribution is -2.58. The highest BCUT2D eigenvalue weighted by atomic mass is 32.3. The van der Waals surface area contributed by atoms with Crippen molar-refractivity contribution in [2.45, 2.75) is 97.2 Å². The summed E-state index contributed by atoms with van der Waals surface area (Å²) in [7, 11) is -4.47. The van der Waals surface area contributed by atoms with Crippen LogP contribution in [0.3, 0.4) is 0 Å². The van der Waals surface area contributed by atoms with Gasteiger partial charge in [-0.3, -0.25) is 4.55 Å². The topological polar surface area (TPSA) is 124 Å². The molecule has 0 amide bonds. The lowest BCUT2D eigenvalue weighted by Gasteiger charge is -2.62. The number of aliphatic hydroxyl groups is 1. The standard InChI is InChI=1S/C24H40O7S/c1-14(4-7-21(26)27)17-5-6-18-22-19(9-11-24(17,18)3)23(2)10-8-16(31-32(28,29)30)12-15(23)13-20(22)25/h14-20,22,25H,4-13H2,1-3H3,(H,26,27)(H,28,29,30)/p-1/t14-,15+,16-,17-,18+,19+,20+,22+,23+,24-/m1/s1. The molecule has 4 fully saturated rings. The molecule has 0 saturated heterocycles. The summed E-state index contributed by atoms with van der Waals surface area (Å²) in [5.41, 5.74) is 0.172. The van der Waals surface area contributed by atoms with Crippen LogP contribution >= 0.6 is 0 Å². The van der Waals surface area contributed by atoms with E-state index in [-0.39, 0.29) is 29.1 Å². The smallest absolute Gasteiger partial charge is 0.397 e. The van der Waals surface area contributed by atoms with Gasteiger partial charge in [0.25, 0.3) is 0 Å². The Morgan fingerprint density at radius 3 is 2.41 bits per heavy atom. The molecule has 0 aliphatic heterocycles. The number of rotatable bonds is 6. The van der Waals surface area contributed by atoms with Crippen LogP contribution in [0.2, 0.25) is 0 Å². The van der Waals surface area contributed by atoms with Gasteiger partial charge in [-0.25, -0.2) is 4.18 Å². The van der Waals surface area contributed by atoms with E-state index in [4.69, 9.17) is 8.74 Å². The van der Waals surface area contributed by atoms with Gasteiger partial charge >= 0.3 is 10.4 Å². The van der Waals surface area contributed by atoms with Crippen molar-refractivity contribution >= 4 is 16.4 Å². The van der Waals surface area contributed by atoms with Crippen molar-refractivity contribution in [3.63, 3.8) is 0 Å². The molecule has 8 heteroatoms. The molecule has 7 nitrogen and oxygen atoms in total. The van der Waals surface area contributed by atoms with Crippen LogP contribution in [-0.2, 0) is 19.4 Å². The molecule has 0 spiro atoms. The van der Waals surface area contributed by atoms with Crippen molar-refractivity contribution in [1.29, 1.82) is 0 Å². The first-order chi connectivity index (χ1) is 14.8. The lowest BCUT2D eigenvalue weighted by molar-refractivity contribution is -0.306. The Morgan fingerprint density at radius 1 is 1.09 bits per heavy atom. The first kappa shape index (κ1) is 24.4. The van der Waals surface area contributed by atoms with Crippen molar-refractivity contribution in [1.82, 2.24) is 0 Å². The zero-order chi connectivity index (χ0) is 23.5. The number of carboxylic acid groups (broad SMARTS) is 1. The monoisotopic (exact) mass is 471 g/mol. The summed E-state index contributed by atoms with van der Waals surface area (Å²) in [4.78, 5) is 11.0. The van der Waals surface area contributed by atoms with E-state index in [1.807, 2.05) is 0 Å². The molecule has 4 aliphatic rings. The van der Waals surface area contributed by atoms with Crippen LogP contribution in [0.25, 0.3) is 0 Å². The number of fused-ring (bicyclic) bond motifs is 5. The van der Waals surface area contributed by atoms with Gasteiger partial charge in [0.1, 0.15) is 0 Å². The molecular weight excluding hydrogens is 432 g/mol. The largest absolute Gasteiger partial charge is 0.550 e. The fourth-order valence-corrected chi connectivity index (χ4v) is 9.48. The summed E-state index contributed by atoms with van der Waals surface area (Å²) < 4.78 is 36.4. The molecule has 32 heavy (non-hydrogen) atoms. The molecular formula is C24H39O7S-. The van der Waals surface area contributed by atoms with E-state index in [0.717, 1.165) is 32.1 Å². The fourth-order valence-electron chi connectivity index (χ4n) is 8.96. The predicted octanol–water partition coefficient (Wildman–Crippen LogP) is 2.97. The highest BCUT2D eigenvalue weighted by molar-refractivity contribution is 7.80. The van der Waals surface area contributed by atoms with Gasteiger partial charge in [0.15, 0.2) is 0 Å². The van der Waals surface area contributed by atoms with Gasteiger partial charge in [0.05, 0.1) is 12.2 Å². The average molecular weight is 472 g/mol. The van der Waals surface area contributed by atoms with E-state index in [2.05, 4.69) is 20.8 Å². The van der Waals surface area contributed by atoms with Crippen LogP contribution in [0.15, 0.2) is 0 Å². The van der Waals surface area contributed by atoms with Gasteiger partial charge < -0.3 is 15.0 Å². The van der Waals surface area contributed by atoms with E-state index < -0.39 is 28.6 Å². The molecule has 4 saturated carbocycles. The third-order valence-corrected chi connectivity index (χ3v) is 11.0. The number of carbonyl (C=O) groups excluding carboxylic acids is 1. The van der Waals surface area contributed by atoms with Gasteiger partial charge in [-0.05, 0) is 111 Å². The summed E-state index contributed by atoms with van der Waals surface area (Å²) in [6.45, 7) is 6.87. The zero-order valence-electron chi connectivity index (χ0n) is 19.5. The Hall–Kier alpha value is -0.700. The second-order valence-corrected chi connectivity index (χ2v) is 12.9. The maximum absolute atomic E-state index is 11.3. The summed E-state index contributed by atoms with van der Waals surface area (Å²) in [6, 6.07) is 0. The number of carboxylic acids is 1. The third kappa shape index (κ3) is 4.25. The molecule has 0 heterocycles. The van der Waals surface area contributed by atoms with Crippen LogP contribution in [-0.4, -0.2) is 36.3 Å². The van der Waals surface area contributed by atoms with Gasteiger partial charge in [-0.15, -0.1) is 0 Å². The molecule has 4 rings (SSSR count). The van der Waals surface area contributed by atoms with Crippen LogP contribution in [0.4, 0.5) is 0 Å². The normalized spacial score (nSPS) is 47.2. The van der Waals surface area contributed by atoms with Crippen LogP contribution in [0.5, 0.6) is 0 Å². The lowest BCUT2D eigenvalue weighted by atomic mass is 9.43. The van der Waals surface area contributed by atoms with E-state index in [9.17, 15) is 23.4 Å². The van der Waals surface area contributed by atoms with E-state index in [1.54, 1.807) is 0 Å². The minimum Gasteiger partial charge on any atom is -0.550 e. The predicted molar refractivity (Wildman–Crippen MR) is 116 cm³/mol. The first-order valence-electron chi connectivity index (χ1n) is 12.4. The molecule has 0 aromatic heterocycles. The average Bonchev–Trinajstić information content (AvgIpc) is 3.03. The number of carbonyl (C=O) groups is 1. The Labute approximate surface area is 192 Å². The number of aliphatic hydroxyl groups excluding tert-OH is 1. The molecule has 0 aromatic carbocycles. The second kappa shape index (κ2) is 8.51. The summed E-state index contributed by atoms with van der Waals surface area (Å²) in [5.74, 6) is 1.10. The van der Waals surface area contributed by atoms with Gasteiger partial charge in [0, 0.05) is 5.97 Å². The van der Waals surface area contributed by atoms with Crippen molar-refractivity contribution in [3.05, 3.63) is 0 Å².